The number of Topliss-reactive ketones (excluding diaryl/α,β-unsaturated/α-hetero) is 1. The fourth-order valence-electron chi connectivity index (χ4n) is 4.68. The molecule has 190 valence electrons. The molecule has 0 radical (unpaired) electrons. The van der Waals surface area contributed by atoms with Crippen LogP contribution in [0.3, 0.4) is 0 Å². The third kappa shape index (κ3) is 5.68. The number of ether oxygens (including phenoxy) is 2. The van der Waals surface area contributed by atoms with Crippen LogP contribution in [0.25, 0.3) is 0 Å². The van der Waals surface area contributed by atoms with Crippen molar-refractivity contribution in [3.63, 3.8) is 0 Å². The Bertz CT molecular complexity index is 1090. The molecule has 35 heavy (non-hydrogen) atoms. The van der Waals surface area contributed by atoms with E-state index in [1.807, 2.05) is 29.8 Å². The Morgan fingerprint density at radius 3 is 2.66 bits per heavy atom. The van der Waals surface area contributed by atoms with Gasteiger partial charge in [0, 0.05) is 23.4 Å². The highest BCUT2D eigenvalue weighted by Gasteiger charge is 2.42. The Morgan fingerprint density at radius 1 is 1.11 bits per heavy atom. The highest BCUT2D eigenvalue weighted by atomic mass is 32.2. The van der Waals surface area contributed by atoms with E-state index >= 15 is 0 Å². The molecule has 0 saturated heterocycles. The van der Waals surface area contributed by atoms with E-state index in [0.29, 0.717) is 31.3 Å². The quantitative estimate of drug-likeness (QED) is 0.283. The highest BCUT2D eigenvalue weighted by Crippen LogP contribution is 2.46. The molecule has 1 aliphatic carbocycles. The molecule has 7 nitrogen and oxygen atoms in total. The number of hydrogen-bond acceptors (Lipinski definition) is 7. The lowest BCUT2D eigenvalue weighted by molar-refractivity contribution is -0.118. The van der Waals surface area contributed by atoms with Gasteiger partial charge in [-0.15, -0.1) is 5.10 Å². The van der Waals surface area contributed by atoms with E-state index in [-0.39, 0.29) is 17.2 Å². The number of hydrogen-bond donors (Lipinski definition) is 1. The molecule has 4 rings (SSSR count). The van der Waals surface area contributed by atoms with E-state index in [0.717, 1.165) is 65.6 Å². The molecule has 0 spiro atoms. The van der Waals surface area contributed by atoms with Crippen molar-refractivity contribution in [2.45, 2.75) is 84.3 Å². The molecule has 1 aromatic carbocycles. The monoisotopic (exact) mass is 498 g/mol. The summed E-state index contributed by atoms with van der Waals surface area (Å²) in [5.74, 6) is 3.26. The molecule has 2 aliphatic rings. The van der Waals surface area contributed by atoms with Crippen LogP contribution in [0.4, 0.5) is 5.95 Å². The maximum absolute atomic E-state index is 13.5. The molecule has 1 aliphatic heterocycles. The fourth-order valence-corrected chi connectivity index (χ4v) is 5.59. The molecule has 1 aromatic heterocycles. The number of nitrogens with one attached hydrogen (secondary N) is 1. The zero-order valence-corrected chi connectivity index (χ0v) is 22.5. The van der Waals surface area contributed by atoms with Crippen LogP contribution in [0.1, 0.15) is 84.7 Å². The number of rotatable bonds is 11. The average molecular weight is 499 g/mol. The van der Waals surface area contributed by atoms with Crippen molar-refractivity contribution in [1.82, 2.24) is 14.8 Å². The third-order valence-corrected chi connectivity index (χ3v) is 7.30. The predicted octanol–water partition coefficient (Wildman–Crippen LogP) is 6.41. The summed E-state index contributed by atoms with van der Waals surface area (Å²) in [6.45, 7) is 11.8. The van der Waals surface area contributed by atoms with E-state index in [1.54, 1.807) is 11.8 Å². The van der Waals surface area contributed by atoms with Crippen LogP contribution < -0.4 is 14.8 Å². The smallest absolute Gasteiger partial charge is 0.227 e. The summed E-state index contributed by atoms with van der Waals surface area (Å²) in [4.78, 5) is 18.3. The summed E-state index contributed by atoms with van der Waals surface area (Å²) in [6.07, 6.45) is 5.62. The zero-order chi connectivity index (χ0) is 25.0. The summed E-state index contributed by atoms with van der Waals surface area (Å²) < 4.78 is 13.8. The van der Waals surface area contributed by atoms with Gasteiger partial charge in [-0.2, -0.15) is 4.98 Å². The second-order valence-corrected chi connectivity index (χ2v) is 11.1. The summed E-state index contributed by atoms with van der Waals surface area (Å²) in [5.41, 5.74) is 2.60. The van der Waals surface area contributed by atoms with E-state index in [2.05, 4.69) is 33.0 Å². The number of nitrogens with zero attached hydrogens (tertiary/aromatic N) is 3. The lowest BCUT2D eigenvalue weighted by Crippen LogP contribution is -2.36. The number of aromatic nitrogens is 3. The van der Waals surface area contributed by atoms with Crippen molar-refractivity contribution in [2.75, 3.05) is 24.3 Å². The second kappa shape index (κ2) is 11.1. The van der Waals surface area contributed by atoms with Crippen LogP contribution in [0.15, 0.2) is 34.6 Å². The molecule has 0 amide bonds. The lowest BCUT2D eigenvalue weighted by atomic mass is 9.73. The first-order valence-corrected chi connectivity index (χ1v) is 13.9. The Balaban J connectivity index is 1.76. The van der Waals surface area contributed by atoms with Gasteiger partial charge < -0.3 is 14.8 Å². The van der Waals surface area contributed by atoms with Crippen molar-refractivity contribution >= 4 is 23.5 Å². The van der Waals surface area contributed by atoms with Crippen LogP contribution in [0.5, 0.6) is 11.5 Å². The fraction of sp³-hybridized carbons (Fsp3) is 0.593. The second-order valence-electron chi connectivity index (χ2n) is 10.1. The van der Waals surface area contributed by atoms with Gasteiger partial charge in [-0.3, -0.25) is 4.79 Å². The first kappa shape index (κ1) is 25.6. The lowest BCUT2D eigenvalue weighted by Gasteiger charge is -2.38. The molecule has 8 heteroatoms. The maximum Gasteiger partial charge on any atom is 0.227 e. The highest BCUT2D eigenvalue weighted by molar-refractivity contribution is 7.99. The molecule has 2 heterocycles. The Labute approximate surface area is 213 Å². The van der Waals surface area contributed by atoms with Crippen molar-refractivity contribution in [3.05, 3.63) is 35.0 Å². The molecule has 0 saturated carbocycles. The number of unbranched alkanes of at least 4 members (excludes halogenated alkanes) is 2. The van der Waals surface area contributed by atoms with Gasteiger partial charge in [0.2, 0.25) is 11.1 Å². The molecular formula is C27H38N4O3S. The minimum atomic E-state index is -0.346. The van der Waals surface area contributed by atoms with Crippen molar-refractivity contribution in [2.24, 2.45) is 5.41 Å². The summed E-state index contributed by atoms with van der Waals surface area (Å²) in [7, 11) is 0. The van der Waals surface area contributed by atoms with Gasteiger partial charge in [0.15, 0.2) is 17.3 Å². The van der Waals surface area contributed by atoms with Crippen LogP contribution in [0.2, 0.25) is 0 Å². The number of allylic oxidation sites excluding steroid dienone is 2. The van der Waals surface area contributed by atoms with Gasteiger partial charge in [-0.05, 0) is 49.3 Å². The maximum atomic E-state index is 13.5. The number of carbonyl (C=O) groups is 1. The summed E-state index contributed by atoms with van der Waals surface area (Å²) in [6, 6.07) is 5.66. The standard InChI is InChI=1S/C27H38N4O3S/c1-6-9-13-34-21-12-11-18(15-22(21)33-8-3)24-23-19(16-27(4,5)17-20(23)32)28-25-29-26(30-31(24)25)35-14-10-7-2/h11-12,15,24H,6-10,13-14,16-17H2,1-5H3,(H,28,29,30). The Hall–Kier alpha value is -2.48. The van der Waals surface area contributed by atoms with E-state index < -0.39 is 0 Å². The SMILES string of the molecule is CCCCOc1ccc(C2C3=C(CC(C)(C)CC3=O)Nc3nc(SCCCC)nn32)cc1OCC. The van der Waals surface area contributed by atoms with Crippen LogP contribution in [-0.4, -0.2) is 39.5 Å². The third-order valence-electron chi connectivity index (χ3n) is 6.38. The minimum Gasteiger partial charge on any atom is -0.490 e. The van der Waals surface area contributed by atoms with E-state index in [1.165, 1.54) is 0 Å². The van der Waals surface area contributed by atoms with Crippen molar-refractivity contribution < 1.29 is 14.3 Å². The van der Waals surface area contributed by atoms with Crippen LogP contribution in [0, 0.1) is 5.41 Å². The number of ketones is 1. The van der Waals surface area contributed by atoms with Gasteiger partial charge in [0.25, 0.3) is 0 Å². The molecule has 1 N–H and O–H groups in total. The zero-order valence-electron chi connectivity index (χ0n) is 21.6. The van der Waals surface area contributed by atoms with Crippen LogP contribution >= 0.6 is 11.8 Å². The van der Waals surface area contributed by atoms with Crippen LogP contribution in [-0.2, 0) is 4.79 Å². The van der Waals surface area contributed by atoms with Gasteiger partial charge in [-0.1, -0.05) is 58.4 Å². The van der Waals surface area contributed by atoms with Gasteiger partial charge in [0.1, 0.15) is 6.04 Å². The molecule has 0 bridgehead atoms. The molecule has 0 fully saturated rings. The van der Waals surface area contributed by atoms with E-state index in [4.69, 9.17) is 19.6 Å². The van der Waals surface area contributed by atoms with Gasteiger partial charge in [0.05, 0.1) is 13.2 Å². The first-order chi connectivity index (χ1) is 16.9. The predicted molar refractivity (Wildman–Crippen MR) is 140 cm³/mol. The Kier molecular flexibility index (Phi) is 8.09. The first-order valence-electron chi connectivity index (χ1n) is 12.9. The molecule has 1 atom stereocenters. The van der Waals surface area contributed by atoms with Crippen molar-refractivity contribution in [3.8, 4) is 11.5 Å². The number of fused-ring (bicyclic) bond motifs is 1. The van der Waals surface area contributed by atoms with Gasteiger partial charge in [-0.25, -0.2) is 4.68 Å². The molecular weight excluding hydrogens is 460 g/mol. The number of anilines is 1. The largest absolute Gasteiger partial charge is 0.490 e. The van der Waals surface area contributed by atoms with Crippen molar-refractivity contribution in [1.29, 1.82) is 0 Å². The average Bonchev–Trinajstić information content (AvgIpc) is 3.20. The molecule has 2 aromatic rings. The van der Waals surface area contributed by atoms with Gasteiger partial charge >= 0.3 is 0 Å². The number of carbonyl (C=O) groups excluding carboxylic acids is 1. The topological polar surface area (TPSA) is 78.3 Å². The number of thioether (sulfide) groups is 1. The summed E-state index contributed by atoms with van der Waals surface area (Å²) in [5, 5.41) is 9.05. The Morgan fingerprint density at radius 2 is 1.91 bits per heavy atom. The normalized spacial score (nSPS) is 18.7. The minimum absolute atomic E-state index is 0.0954. The number of benzene rings is 1. The molecule has 1 unspecified atom stereocenters. The van der Waals surface area contributed by atoms with E-state index in [9.17, 15) is 4.79 Å². The summed E-state index contributed by atoms with van der Waals surface area (Å²) >= 11 is 1.66.